The number of nitrogens with one attached hydrogen (secondary N) is 1. The average Bonchev–Trinajstić information content (AvgIpc) is 2.50. The van der Waals surface area contributed by atoms with Crippen molar-refractivity contribution in [3.05, 3.63) is 11.2 Å². The number of rotatable bonds is 3. The number of hydrogen-bond donors (Lipinski definition) is 2. The second-order valence-corrected chi connectivity index (χ2v) is 4.26. The first-order valence-electron chi connectivity index (χ1n) is 4.49. The number of carbonyl (C=O) groups is 1. The SMILES string of the molecule is Cc1ncsc1NC(=O)C(C)C(C)N.Cl.Cl. The van der Waals surface area contributed by atoms with Crippen LogP contribution in [0, 0.1) is 12.8 Å². The molecular formula is C9H17Cl2N3OS. The van der Waals surface area contributed by atoms with Crippen LogP contribution in [-0.2, 0) is 4.79 Å². The molecule has 1 amide bonds. The first-order chi connectivity index (χ1) is 6.52. The van der Waals surface area contributed by atoms with E-state index in [-0.39, 0.29) is 42.7 Å². The lowest BCUT2D eigenvalue weighted by Gasteiger charge is -2.14. The Morgan fingerprint density at radius 1 is 1.50 bits per heavy atom. The molecule has 94 valence electrons. The Morgan fingerprint density at radius 2 is 2.06 bits per heavy atom. The smallest absolute Gasteiger partial charge is 0.229 e. The number of aryl methyl sites for hydroxylation is 1. The van der Waals surface area contributed by atoms with Gasteiger partial charge in [0.05, 0.1) is 17.1 Å². The molecule has 16 heavy (non-hydrogen) atoms. The van der Waals surface area contributed by atoms with E-state index in [1.54, 1.807) is 5.51 Å². The molecule has 0 radical (unpaired) electrons. The van der Waals surface area contributed by atoms with Crippen LogP contribution in [0.1, 0.15) is 19.5 Å². The van der Waals surface area contributed by atoms with Crippen molar-refractivity contribution in [3.8, 4) is 0 Å². The van der Waals surface area contributed by atoms with Gasteiger partial charge >= 0.3 is 0 Å². The maximum absolute atomic E-state index is 11.6. The summed E-state index contributed by atoms with van der Waals surface area (Å²) in [5.74, 6) is -0.233. The highest BCUT2D eigenvalue weighted by molar-refractivity contribution is 7.14. The molecule has 7 heteroatoms. The Balaban J connectivity index is 0. The maximum Gasteiger partial charge on any atom is 0.229 e. The average molecular weight is 286 g/mol. The molecule has 0 aliphatic carbocycles. The van der Waals surface area contributed by atoms with Crippen molar-refractivity contribution in [3.63, 3.8) is 0 Å². The van der Waals surface area contributed by atoms with Crippen LogP contribution in [0.4, 0.5) is 5.00 Å². The lowest BCUT2D eigenvalue weighted by atomic mass is 10.0. The Hall–Kier alpha value is -0.360. The van der Waals surface area contributed by atoms with E-state index in [0.717, 1.165) is 10.7 Å². The van der Waals surface area contributed by atoms with Gasteiger partial charge in [-0.3, -0.25) is 4.79 Å². The molecule has 0 spiro atoms. The van der Waals surface area contributed by atoms with Gasteiger partial charge in [-0.1, -0.05) is 6.92 Å². The highest BCUT2D eigenvalue weighted by Gasteiger charge is 2.18. The van der Waals surface area contributed by atoms with Crippen molar-refractivity contribution in [2.75, 3.05) is 5.32 Å². The predicted octanol–water partition coefficient (Wildman–Crippen LogP) is 2.22. The molecule has 0 aliphatic heterocycles. The fourth-order valence-corrected chi connectivity index (χ4v) is 1.59. The van der Waals surface area contributed by atoms with E-state index in [9.17, 15) is 4.79 Å². The summed E-state index contributed by atoms with van der Waals surface area (Å²) in [7, 11) is 0. The molecule has 1 rings (SSSR count). The largest absolute Gasteiger partial charge is 0.327 e. The number of halogens is 2. The Labute approximate surface area is 112 Å². The molecule has 0 fully saturated rings. The summed E-state index contributed by atoms with van der Waals surface area (Å²) in [4.78, 5) is 15.6. The van der Waals surface area contributed by atoms with Crippen LogP contribution in [0.2, 0.25) is 0 Å². The summed E-state index contributed by atoms with van der Waals surface area (Å²) in [5, 5.41) is 3.62. The van der Waals surface area contributed by atoms with Crippen molar-refractivity contribution >= 4 is 47.1 Å². The molecule has 2 unspecified atom stereocenters. The summed E-state index contributed by atoms with van der Waals surface area (Å²) >= 11 is 1.42. The predicted molar refractivity (Wildman–Crippen MR) is 72.8 cm³/mol. The first kappa shape index (κ1) is 18.0. The van der Waals surface area contributed by atoms with Gasteiger partial charge in [0.25, 0.3) is 0 Å². The molecule has 1 aromatic rings. The van der Waals surface area contributed by atoms with Crippen LogP contribution < -0.4 is 11.1 Å². The number of nitrogens with zero attached hydrogens (tertiary/aromatic N) is 1. The molecule has 0 saturated carbocycles. The van der Waals surface area contributed by atoms with Crippen molar-refractivity contribution in [1.29, 1.82) is 0 Å². The van der Waals surface area contributed by atoms with Crippen molar-refractivity contribution < 1.29 is 4.79 Å². The second-order valence-electron chi connectivity index (χ2n) is 3.40. The summed E-state index contributed by atoms with van der Waals surface area (Å²) in [6.07, 6.45) is 0. The van der Waals surface area contributed by atoms with Gasteiger partial charge < -0.3 is 11.1 Å². The van der Waals surface area contributed by atoms with Gasteiger partial charge in [0, 0.05) is 6.04 Å². The van der Waals surface area contributed by atoms with E-state index in [1.807, 2.05) is 20.8 Å². The molecule has 1 aromatic heterocycles. The first-order valence-corrected chi connectivity index (χ1v) is 5.37. The third kappa shape index (κ3) is 4.65. The summed E-state index contributed by atoms with van der Waals surface area (Å²) in [6, 6.07) is -0.136. The fraction of sp³-hybridized carbons (Fsp3) is 0.556. The summed E-state index contributed by atoms with van der Waals surface area (Å²) < 4.78 is 0. The highest BCUT2D eigenvalue weighted by Crippen LogP contribution is 2.19. The van der Waals surface area contributed by atoms with Crippen molar-refractivity contribution in [1.82, 2.24) is 4.98 Å². The monoisotopic (exact) mass is 285 g/mol. The third-order valence-corrected chi connectivity index (χ3v) is 3.03. The van der Waals surface area contributed by atoms with Crippen LogP contribution >= 0.6 is 36.2 Å². The molecule has 0 aliphatic rings. The minimum absolute atomic E-state index is 0. The minimum atomic E-state index is -0.184. The van der Waals surface area contributed by atoms with Crippen LogP contribution in [0.15, 0.2) is 5.51 Å². The Morgan fingerprint density at radius 3 is 2.44 bits per heavy atom. The number of hydrogen-bond acceptors (Lipinski definition) is 4. The van der Waals surface area contributed by atoms with Crippen LogP contribution in [0.25, 0.3) is 0 Å². The maximum atomic E-state index is 11.6. The Bertz CT molecular complexity index is 330. The van der Waals surface area contributed by atoms with Gasteiger partial charge in [0.1, 0.15) is 5.00 Å². The lowest BCUT2D eigenvalue weighted by molar-refractivity contribution is -0.119. The number of anilines is 1. The standard InChI is InChI=1S/C9H15N3OS.2ClH/c1-5(6(2)10)8(13)12-9-7(3)11-4-14-9;;/h4-6H,10H2,1-3H3,(H,12,13);2*1H. The van der Waals surface area contributed by atoms with Gasteiger partial charge in [0.2, 0.25) is 5.91 Å². The molecule has 2 atom stereocenters. The van der Waals surface area contributed by atoms with Gasteiger partial charge in [-0.05, 0) is 13.8 Å². The zero-order chi connectivity index (χ0) is 10.7. The van der Waals surface area contributed by atoms with E-state index in [0.29, 0.717) is 0 Å². The second kappa shape index (κ2) is 7.84. The number of nitrogens with two attached hydrogens (primary N) is 1. The molecular weight excluding hydrogens is 269 g/mol. The van der Waals surface area contributed by atoms with Crippen molar-refractivity contribution in [2.45, 2.75) is 26.8 Å². The van der Waals surface area contributed by atoms with E-state index >= 15 is 0 Å². The quantitative estimate of drug-likeness (QED) is 0.895. The van der Waals surface area contributed by atoms with Gasteiger partial charge in [-0.2, -0.15) is 0 Å². The number of carbonyl (C=O) groups excluding carboxylic acids is 1. The number of thiazole rings is 1. The van der Waals surface area contributed by atoms with Gasteiger partial charge in [-0.25, -0.2) is 4.98 Å². The lowest BCUT2D eigenvalue weighted by Crippen LogP contribution is -2.34. The minimum Gasteiger partial charge on any atom is -0.327 e. The number of aromatic nitrogens is 1. The molecule has 0 bridgehead atoms. The number of amides is 1. The van der Waals surface area contributed by atoms with Gasteiger partial charge in [0.15, 0.2) is 0 Å². The topological polar surface area (TPSA) is 68.0 Å². The zero-order valence-corrected chi connectivity index (χ0v) is 11.8. The highest BCUT2D eigenvalue weighted by atomic mass is 35.5. The molecule has 1 heterocycles. The molecule has 4 nitrogen and oxygen atoms in total. The van der Waals surface area contributed by atoms with E-state index in [4.69, 9.17) is 5.73 Å². The third-order valence-electron chi connectivity index (χ3n) is 2.18. The molecule has 0 saturated heterocycles. The summed E-state index contributed by atoms with van der Waals surface area (Å²) in [5.41, 5.74) is 8.19. The van der Waals surface area contributed by atoms with Crippen LogP contribution in [0.3, 0.4) is 0 Å². The molecule has 0 aromatic carbocycles. The van der Waals surface area contributed by atoms with E-state index in [2.05, 4.69) is 10.3 Å². The summed E-state index contributed by atoms with van der Waals surface area (Å²) in [6.45, 7) is 5.50. The van der Waals surface area contributed by atoms with Crippen LogP contribution in [0.5, 0.6) is 0 Å². The van der Waals surface area contributed by atoms with E-state index in [1.165, 1.54) is 11.3 Å². The van der Waals surface area contributed by atoms with Crippen molar-refractivity contribution in [2.24, 2.45) is 11.7 Å². The molecule has 3 N–H and O–H groups in total. The van der Waals surface area contributed by atoms with E-state index < -0.39 is 0 Å². The zero-order valence-electron chi connectivity index (χ0n) is 9.39. The van der Waals surface area contributed by atoms with Gasteiger partial charge in [-0.15, -0.1) is 36.2 Å². The van der Waals surface area contributed by atoms with Crippen LogP contribution in [-0.4, -0.2) is 16.9 Å². The normalized spacial score (nSPS) is 13.0. The fourth-order valence-electron chi connectivity index (χ4n) is 0.886. The Kier molecular flexibility index (Phi) is 8.83.